The molecule has 0 radical (unpaired) electrons. The Morgan fingerprint density at radius 1 is 1.20 bits per heavy atom. The van der Waals surface area contributed by atoms with Crippen LogP contribution in [0.15, 0.2) is 29.2 Å². The molecule has 3 fully saturated rings. The number of hydroxylamine groups is 2. The highest BCUT2D eigenvalue weighted by atomic mass is 32.2. The number of carbonyl (C=O) groups is 1. The van der Waals surface area contributed by atoms with E-state index in [-0.39, 0.29) is 29.1 Å². The Kier molecular flexibility index (Phi) is 3.49. The normalized spacial score (nSPS) is 33.3. The monoisotopic (exact) mass is 366 g/mol. The van der Waals surface area contributed by atoms with Crippen molar-refractivity contribution in [3.05, 3.63) is 29.8 Å². The first-order valence-corrected chi connectivity index (χ1v) is 9.83. The summed E-state index contributed by atoms with van der Waals surface area (Å²) in [5.74, 6) is 0. The number of amides is 1. The number of ether oxygens (including phenoxy) is 1. The van der Waals surface area contributed by atoms with Crippen molar-refractivity contribution in [3.8, 4) is 0 Å². The summed E-state index contributed by atoms with van der Waals surface area (Å²) >= 11 is 0. The number of piperidine rings is 1. The summed E-state index contributed by atoms with van der Waals surface area (Å²) in [6.45, 7) is 7.27. The number of nitrogens with zero attached hydrogens (tertiary/aromatic N) is 2. The molecule has 0 aromatic heterocycles. The van der Waals surface area contributed by atoms with E-state index in [9.17, 15) is 13.2 Å². The third-order valence-corrected chi connectivity index (χ3v) is 6.73. The Morgan fingerprint density at radius 3 is 2.44 bits per heavy atom. The lowest BCUT2D eigenvalue weighted by molar-refractivity contribution is -0.160. The molecule has 2 heterocycles. The van der Waals surface area contributed by atoms with E-state index in [0.717, 1.165) is 5.56 Å². The molecule has 3 aliphatic rings. The third kappa shape index (κ3) is 2.63. The molecule has 1 saturated carbocycles. The van der Waals surface area contributed by atoms with Crippen molar-refractivity contribution >= 4 is 16.1 Å². The number of rotatable bonds is 2. The van der Waals surface area contributed by atoms with E-state index in [4.69, 9.17) is 9.57 Å². The van der Waals surface area contributed by atoms with Crippen LogP contribution in [0.1, 0.15) is 32.8 Å². The maximum Gasteiger partial charge on any atom is 0.434 e. The summed E-state index contributed by atoms with van der Waals surface area (Å²) in [5.41, 5.74) is 0.378. The molecule has 1 aromatic rings. The van der Waals surface area contributed by atoms with Crippen LogP contribution in [-0.2, 0) is 19.6 Å². The summed E-state index contributed by atoms with van der Waals surface area (Å²) in [5, 5.41) is 1.22. The molecule has 25 heavy (non-hydrogen) atoms. The second-order valence-electron chi connectivity index (χ2n) is 7.88. The zero-order valence-electron chi connectivity index (χ0n) is 14.7. The van der Waals surface area contributed by atoms with Gasteiger partial charge in [-0.2, -0.15) is 9.37 Å². The topological polar surface area (TPSA) is 75.9 Å². The van der Waals surface area contributed by atoms with Gasteiger partial charge in [-0.05, 0) is 39.8 Å². The molecule has 2 aliphatic heterocycles. The van der Waals surface area contributed by atoms with Crippen LogP contribution in [0.4, 0.5) is 4.79 Å². The van der Waals surface area contributed by atoms with Gasteiger partial charge in [-0.15, -0.1) is 0 Å². The van der Waals surface area contributed by atoms with Gasteiger partial charge < -0.3 is 4.74 Å². The van der Waals surface area contributed by atoms with Crippen LogP contribution in [0.5, 0.6) is 0 Å². The number of hydrogen-bond acceptors (Lipinski definition) is 5. The van der Waals surface area contributed by atoms with Crippen LogP contribution in [-0.4, -0.2) is 53.7 Å². The molecule has 7 nitrogen and oxygen atoms in total. The van der Waals surface area contributed by atoms with Crippen LogP contribution >= 0.6 is 0 Å². The van der Waals surface area contributed by atoms with Gasteiger partial charge in [-0.3, -0.25) is 4.84 Å². The number of benzene rings is 1. The van der Waals surface area contributed by atoms with Crippen LogP contribution in [0.3, 0.4) is 0 Å². The number of sulfonamides is 1. The molecule has 1 aromatic carbocycles. The van der Waals surface area contributed by atoms with Crippen molar-refractivity contribution in [2.24, 2.45) is 0 Å². The summed E-state index contributed by atoms with van der Waals surface area (Å²) in [4.78, 5) is 18.2. The lowest BCUT2D eigenvalue weighted by Gasteiger charge is -2.28. The van der Waals surface area contributed by atoms with E-state index < -0.39 is 21.7 Å². The van der Waals surface area contributed by atoms with Gasteiger partial charge in [0.15, 0.2) is 0 Å². The maximum absolute atomic E-state index is 12.9. The Morgan fingerprint density at radius 2 is 1.84 bits per heavy atom. The summed E-state index contributed by atoms with van der Waals surface area (Å²) in [6, 6.07) is 6.10. The summed E-state index contributed by atoms with van der Waals surface area (Å²) in [7, 11) is -3.58. The molecule has 5 atom stereocenters. The van der Waals surface area contributed by atoms with Crippen LogP contribution in [0.25, 0.3) is 0 Å². The molecular weight excluding hydrogens is 344 g/mol. The van der Waals surface area contributed by atoms with Crippen molar-refractivity contribution in [2.45, 2.75) is 68.8 Å². The fourth-order valence-electron chi connectivity index (χ4n) is 3.75. The SMILES string of the molecule is Cc1ccc(S(=O)(=O)N2[C@@H]3[C@H]2[C@@H]2C[C@H]3N(C(=O)OC(C)(C)C)O2)cc1. The standard InChI is InChI=1S/C17H22N2O5S/c1-10-5-7-11(8-6-10)25(21,22)19-14-12-9-13(15(14)19)24-18(12)16(20)23-17(2,3)4/h5-8,12-15H,9H2,1-4H3/t12-,13+,14+,15-,19?/m1/s1. The largest absolute Gasteiger partial charge is 0.442 e. The zero-order chi connectivity index (χ0) is 18.1. The molecule has 0 spiro atoms. The molecular formula is C17H22N2O5S. The van der Waals surface area contributed by atoms with E-state index in [1.54, 1.807) is 45.0 Å². The first-order chi connectivity index (χ1) is 11.6. The zero-order valence-corrected chi connectivity index (χ0v) is 15.5. The molecule has 1 amide bonds. The van der Waals surface area contributed by atoms with Crippen molar-refractivity contribution in [1.82, 2.24) is 9.37 Å². The van der Waals surface area contributed by atoms with Gasteiger partial charge in [0.25, 0.3) is 0 Å². The van der Waals surface area contributed by atoms with Gasteiger partial charge in [0.1, 0.15) is 11.7 Å². The second kappa shape index (κ2) is 5.18. The molecule has 8 heteroatoms. The number of hydrogen-bond donors (Lipinski definition) is 0. The number of aryl methyl sites for hydroxylation is 1. The predicted molar refractivity (Wildman–Crippen MR) is 89.1 cm³/mol. The van der Waals surface area contributed by atoms with E-state index in [1.807, 2.05) is 6.92 Å². The number of fused-ring (bicyclic) bond motifs is 5. The van der Waals surface area contributed by atoms with Crippen LogP contribution < -0.4 is 0 Å². The lowest BCUT2D eigenvalue weighted by atomic mass is 10.2. The minimum Gasteiger partial charge on any atom is -0.442 e. The summed E-state index contributed by atoms with van der Waals surface area (Å²) < 4.78 is 32.6. The van der Waals surface area contributed by atoms with Gasteiger partial charge in [-0.1, -0.05) is 17.7 Å². The fraction of sp³-hybridized carbons (Fsp3) is 0.588. The smallest absolute Gasteiger partial charge is 0.434 e. The Bertz CT molecular complexity index is 814. The van der Waals surface area contributed by atoms with E-state index in [2.05, 4.69) is 0 Å². The highest BCUT2D eigenvalue weighted by Gasteiger charge is 2.73. The van der Waals surface area contributed by atoms with Gasteiger partial charge in [0.2, 0.25) is 10.0 Å². The van der Waals surface area contributed by atoms with Crippen molar-refractivity contribution in [1.29, 1.82) is 0 Å². The molecule has 2 saturated heterocycles. The molecule has 1 aliphatic carbocycles. The predicted octanol–water partition coefficient (Wildman–Crippen LogP) is 2.06. The minimum absolute atomic E-state index is 0.185. The molecule has 0 N–H and O–H groups in total. The lowest BCUT2D eigenvalue weighted by Crippen LogP contribution is -2.43. The molecule has 136 valence electrons. The first-order valence-electron chi connectivity index (χ1n) is 8.39. The highest BCUT2D eigenvalue weighted by molar-refractivity contribution is 7.89. The number of carbonyl (C=O) groups excluding carboxylic acids is 1. The average Bonchev–Trinajstić information content (AvgIpc) is 3.00. The van der Waals surface area contributed by atoms with Gasteiger partial charge >= 0.3 is 6.09 Å². The van der Waals surface area contributed by atoms with Crippen molar-refractivity contribution in [2.75, 3.05) is 0 Å². The van der Waals surface area contributed by atoms with Gasteiger partial charge in [0, 0.05) is 6.42 Å². The van der Waals surface area contributed by atoms with Crippen molar-refractivity contribution in [3.63, 3.8) is 0 Å². The van der Waals surface area contributed by atoms with Crippen LogP contribution in [0.2, 0.25) is 0 Å². The summed E-state index contributed by atoms with van der Waals surface area (Å²) in [6.07, 6.45) is -0.199. The van der Waals surface area contributed by atoms with E-state index >= 15 is 0 Å². The van der Waals surface area contributed by atoms with Gasteiger partial charge in [0.05, 0.1) is 23.0 Å². The molecule has 2 bridgehead atoms. The van der Waals surface area contributed by atoms with Crippen LogP contribution in [0, 0.1) is 6.92 Å². The Labute approximate surface area is 147 Å². The fourth-order valence-corrected chi connectivity index (χ4v) is 5.58. The maximum atomic E-state index is 12.9. The third-order valence-electron chi connectivity index (χ3n) is 4.82. The second-order valence-corrected chi connectivity index (χ2v) is 9.73. The van der Waals surface area contributed by atoms with Crippen molar-refractivity contribution < 1.29 is 22.8 Å². The highest BCUT2D eigenvalue weighted by Crippen LogP contribution is 2.54. The molecule has 1 unspecified atom stereocenters. The average molecular weight is 366 g/mol. The van der Waals surface area contributed by atoms with E-state index in [0.29, 0.717) is 6.42 Å². The van der Waals surface area contributed by atoms with E-state index in [1.165, 1.54) is 9.37 Å². The van der Waals surface area contributed by atoms with Gasteiger partial charge in [-0.25, -0.2) is 13.2 Å². The Hall–Kier alpha value is -1.64. The molecule has 4 rings (SSSR count). The minimum atomic E-state index is -3.58. The Balaban J connectivity index is 1.53. The first kappa shape index (κ1) is 16.8. The quantitative estimate of drug-likeness (QED) is 0.749.